The van der Waals surface area contributed by atoms with Crippen molar-refractivity contribution >= 4 is 28.9 Å². The minimum atomic E-state index is -0.431. The molecule has 0 aliphatic heterocycles. The summed E-state index contributed by atoms with van der Waals surface area (Å²) < 4.78 is 10.4. The molecule has 0 aliphatic rings. The Bertz CT molecular complexity index is 466. The summed E-state index contributed by atoms with van der Waals surface area (Å²) in [5.74, 6) is -0.431. The summed E-state index contributed by atoms with van der Waals surface area (Å²) in [5.41, 5.74) is 7.16. The molecular weight excluding hydrogens is 280 g/mol. The molecule has 2 N–H and O–H groups in total. The van der Waals surface area contributed by atoms with Crippen LogP contribution in [0.15, 0.2) is 12.1 Å². The first-order chi connectivity index (χ1) is 9.51. The lowest BCUT2D eigenvalue weighted by atomic mass is 10.1. The fraction of sp³-hybridized carbons (Fsp3) is 0.500. The van der Waals surface area contributed by atoms with Crippen molar-refractivity contribution in [3.8, 4) is 0 Å². The Labute approximate surface area is 124 Å². The van der Waals surface area contributed by atoms with Crippen molar-refractivity contribution < 1.29 is 14.3 Å². The van der Waals surface area contributed by atoms with Crippen LogP contribution in [-0.4, -0.2) is 39.4 Å². The Morgan fingerprint density at radius 3 is 2.65 bits per heavy atom. The molecule has 0 saturated heterocycles. The van der Waals surface area contributed by atoms with Crippen molar-refractivity contribution in [1.82, 2.24) is 0 Å². The number of nitrogens with zero attached hydrogens (tertiary/aromatic N) is 1. The fourth-order valence-electron chi connectivity index (χ4n) is 1.83. The molecule has 112 valence electrons. The van der Waals surface area contributed by atoms with Crippen molar-refractivity contribution in [3.05, 3.63) is 22.7 Å². The molecule has 0 atom stereocenters. The Hall–Kier alpha value is -1.46. The Morgan fingerprint density at radius 1 is 1.35 bits per heavy atom. The van der Waals surface area contributed by atoms with E-state index < -0.39 is 5.97 Å². The van der Waals surface area contributed by atoms with E-state index in [9.17, 15) is 4.79 Å². The number of benzene rings is 1. The maximum atomic E-state index is 12.0. The quantitative estimate of drug-likeness (QED) is 0.476. The molecule has 0 saturated carbocycles. The third kappa shape index (κ3) is 4.28. The van der Waals surface area contributed by atoms with Gasteiger partial charge in [-0.25, -0.2) is 4.79 Å². The third-order valence-electron chi connectivity index (χ3n) is 2.74. The molecule has 0 spiro atoms. The van der Waals surface area contributed by atoms with E-state index in [0.717, 1.165) is 0 Å². The van der Waals surface area contributed by atoms with Crippen LogP contribution in [0.4, 0.5) is 11.4 Å². The molecule has 1 aromatic carbocycles. The molecule has 0 aromatic heterocycles. The summed E-state index contributed by atoms with van der Waals surface area (Å²) in [5, 5.41) is 0.423. The molecule has 1 rings (SSSR count). The largest absolute Gasteiger partial charge is 0.462 e. The van der Waals surface area contributed by atoms with Crippen molar-refractivity contribution in [2.75, 3.05) is 44.0 Å². The molecule has 6 heteroatoms. The summed E-state index contributed by atoms with van der Waals surface area (Å²) in [7, 11) is 1.85. The molecule has 0 aliphatic carbocycles. The van der Waals surface area contributed by atoms with E-state index in [-0.39, 0.29) is 0 Å². The van der Waals surface area contributed by atoms with E-state index in [2.05, 4.69) is 0 Å². The minimum absolute atomic E-state index is 0.299. The number of likely N-dealkylation sites (N-methyl/N-ethyl adjacent to an activating group) is 1. The van der Waals surface area contributed by atoms with Gasteiger partial charge < -0.3 is 20.1 Å². The zero-order valence-electron chi connectivity index (χ0n) is 12.1. The van der Waals surface area contributed by atoms with Crippen LogP contribution >= 0.6 is 11.6 Å². The minimum Gasteiger partial charge on any atom is -0.462 e. The average Bonchev–Trinajstić information content (AvgIpc) is 2.38. The van der Waals surface area contributed by atoms with Gasteiger partial charge in [-0.15, -0.1) is 0 Å². The summed E-state index contributed by atoms with van der Waals surface area (Å²) in [6.45, 7) is 5.80. The number of hydrogen-bond donors (Lipinski definition) is 1. The first kappa shape index (κ1) is 16.6. The van der Waals surface area contributed by atoms with Gasteiger partial charge in [-0.3, -0.25) is 0 Å². The summed E-state index contributed by atoms with van der Waals surface area (Å²) in [4.78, 5) is 13.9. The zero-order chi connectivity index (χ0) is 15.1. The predicted octanol–water partition coefficient (Wildman–Crippen LogP) is 2.57. The highest BCUT2D eigenvalue weighted by atomic mass is 35.5. The molecule has 0 unspecified atom stereocenters. The van der Waals surface area contributed by atoms with Crippen LogP contribution in [0.1, 0.15) is 24.2 Å². The monoisotopic (exact) mass is 300 g/mol. The topological polar surface area (TPSA) is 64.8 Å². The summed E-state index contributed by atoms with van der Waals surface area (Å²) in [6, 6.07) is 3.20. The van der Waals surface area contributed by atoms with Gasteiger partial charge in [-0.1, -0.05) is 11.6 Å². The van der Waals surface area contributed by atoms with Gasteiger partial charge in [-0.05, 0) is 26.0 Å². The van der Waals surface area contributed by atoms with Crippen LogP contribution in [0.5, 0.6) is 0 Å². The van der Waals surface area contributed by atoms with Gasteiger partial charge in [0.25, 0.3) is 0 Å². The molecular formula is C14H21ClN2O3. The average molecular weight is 301 g/mol. The second-order valence-corrected chi connectivity index (χ2v) is 4.65. The Kier molecular flexibility index (Phi) is 6.61. The van der Waals surface area contributed by atoms with Crippen LogP contribution in [0.25, 0.3) is 0 Å². The second-order valence-electron chi connectivity index (χ2n) is 4.24. The van der Waals surface area contributed by atoms with Crippen molar-refractivity contribution in [2.45, 2.75) is 13.8 Å². The third-order valence-corrected chi connectivity index (χ3v) is 3.03. The van der Waals surface area contributed by atoms with Crippen LogP contribution in [0, 0.1) is 0 Å². The lowest BCUT2D eigenvalue weighted by Crippen LogP contribution is -2.25. The highest BCUT2D eigenvalue weighted by Crippen LogP contribution is 2.32. The maximum absolute atomic E-state index is 12.0. The lowest BCUT2D eigenvalue weighted by Gasteiger charge is -2.23. The highest BCUT2D eigenvalue weighted by Gasteiger charge is 2.19. The van der Waals surface area contributed by atoms with Gasteiger partial charge in [0.15, 0.2) is 0 Å². The molecule has 5 nitrogen and oxygen atoms in total. The van der Waals surface area contributed by atoms with E-state index in [4.69, 9.17) is 26.8 Å². The van der Waals surface area contributed by atoms with Gasteiger partial charge in [0, 0.05) is 25.9 Å². The Morgan fingerprint density at radius 2 is 2.05 bits per heavy atom. The molecule has 1 aromatic rings. The number of carbonyl (C=O) groups is 1. The molecule has 0 bridgehead atoms. The highest BCUT2D eigenvalue weighted by molar-refractivity contribution is 6.34. The first-order valence-electron chi connectivity index (χ1n) is 6.56. The van der Waals surface area contributed by atoms with Gasteiger partial charge in [0.05, 0.1) is 29.5 Å². The standard InChI is InChI=1S/C14H21ClN2O3/c1-4-19-7-6-17(3)13-11(14(18)20-5-2)8-10(16)9-12(13)15/h8-9H,4-7,16H2,1-3H3. The number of esters is 1. The molecule has 0 radical (unpaired) electrons. The SMILES string of the molecule is CCOCCN(C)c1c(Cl)cc(N)cc1C(=O)OCC. The lowest BCUT2D eigenvalue weighted by molar-refractivity contribution is 0.0527. The Balaban J connectivity index is 3.05. The van der Waals surface area contributed by atoms with Crippen molar-refractivity contribution in [2.24, 2.45) is 0 Å². The number of hydrogen-bond acceptors (Lipinski definition) is 5. The van der Waals surface area contributed by atoms with Crippen LogP contribution in [0.3, 0.4) is 0 Å². The number of carbonyl (C=O) groups excluding carboxylic acids is 1. The number of rotatable bonds is 7. The van der Waals surface area contributed by atoms with E-state index in [1.165, 1.54) is 0 Å². The van der Waals surface area contributed by atoms with Gasteiger partial charge in [-0.2, -0.15) is 0 Å². The number of anilines is 2. The number of halogens is 1. The second kappa shape index (κ2) is 7.97. The van der Waals surface area contributed by atoms with E-state index in [1.54, 1.807) is 19.1 Å². The van der Waals surface area contributed by atoms with Crippen LogP contribution < -0.4 is 10.6 Å². The maximum Gasteiger partial charge on any atom is 0.340 e. The molecule has 20 heavy (non-hydrogen) atoms. The van der Waals surface area contributed by atoms with E-state index >= 15 is 0 Å². The predicted molar refractivity (Wildman–Crippen MR) is 81.6 cm³/mol. The van der Waals surface area contributed by atoms with E-state index in [1.807, 2.05) is 18.9 Å². The summed E-state index contributed by atoms with van der Waals surface area (Å²) >= 11 is 6.22. The van der Waals surface area contributed by atoms with Crippen LogP contribution in [0.2, 0.25) is 5.02 Å². The number of ether oxygens (including phenoxy) is 2. The van der Waals surface area contributed by atoms with Crippen molar-refractivity contribution in [3.63, 3.8) is 0 Å². The number of nitrogen functional groups attached to an aromatic ring is 1. The first-order valence-corrected chi connectivity index (χ1v) is 6.94. The van der Waals surface area contributed by atoms with Gasteiger partial charge >= 0.3 is 5.97 Å². The summed E-state index contributed by atoms with van der Waals surface area (Å²) in [6.07, 6.45) is 0. The van der Waals surface area contributed by atoms with Crippen LogP contribution in [-0.2, 0) is 9.47 Å². The molecule has 0 amide bonds. The molecule has 0 heterocycles. The van der Waals surface area contributed by atoms with Crippen molar-refractivity contribution in [1.29, 1.82) is 0 Å². The van der Waals surface area contributed by atoms with Gasteiger partial charge in [0.1, 0.15) is 0 Å². The normalized spacial score (nSPS) is 10.4. The molecule has 0 fully saturated rings. The number of nitrogens with two attached hydrogens (primary N) is 1. The zero-order valence-corrected chi connectivity index (χ0v) is 12.9. The van der Waals surface area contributed by atoms with E-state index in [0.29, 0.717) is 48.3 Å². The van der Waals surface area contributed by atoms with Gasteiger partial charge in [0.2, 0.25) is 0 Å². The smallest absolute Gasteiger partial charge is 0.340 e. The fourth-order valence-corrected chi connectivity index (χ4v) is 2.20.